The molecule has 1 rings (SSSR count). The zero-order valence-electron chi connectivity index (χ0n) is 13.3. The van der Waals surface area contributed by atoms with E-state index in [2.05, 4.69) is 44.9 Å². The monoisotopic (exact) mass is 282 g/mol. The average molecular weight is 282 g/mol. The number of rotatable bonds is 9. The number of hydrogen-bond donors (Lipinski definition) is 1. The molecule has 1 aromatic rings. The summed E-state index contributed by atoms with van der Waals surface area (Å²) in [6, 6.07) is 1.02. The highest BCUT2D eigenvalue weighted by Gasteiger charge is 2.14. The SMILES string of the molecule is CCCCCCCC(C)NC(C)c1sc(C)nc1C. The van der Waals surface area contributed by atoms with Crippen molar-refractivity contribution >= 4 is 11.3 Å². The Morgan fingerprint density at radius 3 is 2.37 bits per heavy atom. The van der Waals surface area contributed by atoms with Gasteiger partial charge in [0.25, 0.3) is 0 Å². The van der Waals surface area contributed by atoms with E-state index in [1.807, 2.05) is 11.3 Å². The van der Waals surface area contributed by atoms with Crippen LogP contribution in [0, 0.1) is 13.8 Å². The maximum atomic E-state index is 4.51. The lowest BCUT2D eigenvalue weighted by Gasteiger charge is -2.19. The molecule has 0 saturated carbocycles. The smallest absolute Gasteiger partial charge is 0.0900 e. The third-order valence-corrected chi connectivity index (χ3v) is 4.86. The van der Waals surface area contributed by atoms with Crippen molar-refractivity contribution in [1.29, 1.82) is 0 Å². The molecule has 0 aliphatic rings. The molecule has 19 heavy (non-hydrogen) atoms. The van der Waals surface area contributed by atoms with Crippen LogP contribution in [0.15, 0.2) is 0 Å². The normalized spacial score (nSPS) is 14.6. The fourth-order valence-corrected chi connectivity index (χ4v) is 3.53. The number of thiazole rings is 1. The summed E-state index contributed by atoms with van der Waals surface area (Å²) >= 11 is 1.83. The van der Waals surface area contributed by atoms with E-state index in [9.17, 15) is 0 Å². The van der Waals surface area contributed by atoms with Crippen LogP contribution in [-0.2, 0) is 0 Å². The molecule has 1 aromatic heterocycles. The highest BCUT2D eigenvalue weighted by atomic mass is 32.1. The quantitative estimate of drug-likeness (QED) is 0.633. The summed E-state index contributed by atoms with van der Waals surface area (Å²) < 4.78 is 0. The van der Waals surface area contributed by atoms with Crippen LogP contribution in [0.4, 0.5) is 0 Å². The lowest BCUT2D eigenvalue weighted by molar-refractivity contribution is 0.438. The number of unbranched alkanes of at least 4 members (excludes halogenated alkanes) is 4. The van der Waals surface area contributed by atoms with Crippen molar-refractivity contribution in [1.82, 2.24) is 10.3 Å². The topological polar surface area (TPSA) is 24.9 Å². The largest absolute Gasteiger partial charge is 0.307 e. The molecule has 0 spiro atoms. The number of hydrogen-bond acceptors (Lipinski definition) is 3. The van der Waals surface area contributed by atoms with Crippen LogP contribution in [0.2, 0.25) is 0 Å². The van der Waals surface area contributed by atoms with E-state index in [0.29, 0.717) is 12.1 Å². The molecule has 0 aliphatic heterocycles. The van der Waals surface area contributed by atoms with Gasteiger partial charge in [0.2, 0.25) is 0 Å². The first-order valence-electron chi connectivity index (χ1n) is 7.74. The Hall–Kier alpha value is -0.410. The number of nitrogens with zero attached hydrogens (tertiary/aromatic N) is 1. The zero-order chi connectivity index (χ0) is 14.3. The molecule has 0 radical (unpaired) electrons. The van der Waals surface area contributed by atoms with Crippen molar-refractivity contribution in [2.45, 2.75) is 85.2 Å². The summed E-state index contributed by atoms with van der Waals surface area (Å²) in [7, 11) is 0. The van der Waals surface area contributed by atoms with Crippen LogP contribution in [0.3, 0.4) is 0 Å². The first-order valence-corrected chi connectivity index (χ1v) is 8.56. The van der Waals surface area contributed by atoms with Crippen LogP contribution < -0.4 is 5.32 Å². The Morgan fingerprint density at radius 1 is 1.11 bits per heavy atom. The van der Waals surface area contributed by atoms with Crippen LogP contribution in [0.5, 0.6) is 0 Å². The molecule has 0 fully saturated rings. The van der Waals surface area contributed by atoms with E-state index >= 15 is 0 Å². The Labute approximate surface area is 123 Å². The molecular weight excluding hydrogens is 252 g/mol. The first-order chi connectivity index (χ1) is 9.04. The van der Waals surface area contributed by atoms with Crippen LogP contribution >= 0.6 is 11.3 Å². The van der Waals surface area contributed by atoms with Gasteiger partial charge in [-0.2, -0.15) is 0 Å². The molecule has 2 nitrogen and oxygen atoms in total. The van der Waals surface area contributed by atoms with Gasteiger partial charge >= 0.3 is 0 Å². The number of aromatic nitrogens is 1. The molecule has 0 amide bonds. The second-order valence-electron chi connectivity index (χ2n) is 5.67. The second kappa shape index (κ2) is 8.70. The van der Waals surface area contributed by atoms with E-state index in [1.165, 1.54) is 54.1 Å². The van der Waals surface area contributed by atoms with Crippen molar-refractivity contribution in [2.24, 2.45) is 0 Å². The molecule has 1 heterocycles. The van der Waals surface area contributed by atoms with E-state index in [-0.39, 0.29) is 0 Å². The Kier molecular flexibility index (Phi) is 7.62. The van der Waals surface area contributed by atoms with Gasteiger partial charge in [0, 0.05) is 17.0 Å². The fourth-order valence-electron chi connectivity index (χ4n) is 2.59. The minimum atomic E-state index is 0.428. The Bertz CT molecular complexity index is 360. The molecular formula is C16H30N2S. The van der Waals surface area contributed by atoms with E-state index in [0.717, 1.165) is 0 Å². The van der Waals surface area contributed by atoms with Gasteiger partial charge in [-0.15, -0.1) is 11.3 Å². The third-order valence-electron chi connectivity index (χ3n) is 3.61. The molecule has 0 aliphatic carbocycles. The van der Waals surface area contributed by atoms with Crippen LogP contribution in [-0.4, -0.2) is 11.0 Å². The lowest BCUT2D eigenvalue weighted by Crippen LogP contribution is -2.28. The van der Waals surface area contributed by atoms with Crippen molar-refractivity contribution in [3.05, 3.63) is 15.6 Å². The van der Waals surface area contributed by atoms with Gasteiger partial charge in [-0.1, -0.05) is 39.0 Å². The molecule has 0 saturated heterocycles. The average Bonchev–Trinajstić information content (AvgIpc) is 2.68. The maximum Gasteiger partial charge on any atom is 0.0900 e. The number of aryl methyl sites for hydroxylation is 2. The highest BCUT2D eigenvalue weighted by Crippen LogP contribution is 2.25. The van der Waals surface area contributed by atoms with Gasteiger partial charge in [0.05, 0.1) is 10.7 Å². The van der Waals surface area contributed by atoms with Gasteiger partial charge in [-0.25, -0.2) is 4.98 Å². The minimum Gasteiger partial charge on any atom is -0.307 e. The van der Waals surface area contributed by atoms with E-state index in [1.54, 1.807) is 0 Å². The Balaban J connectivity index is 2.28. The Morgan fingerprint density at radius 2 is 1.79 bits per heavy atom. The molecule has 3 heteroatoms. The third kappa shape index (κ3) is 6.05. The molecule has 2 unspecified atom stereocenters. The molecule has 2 atom stereocenters. The van der Waals surface area contributed by atoms with Crippen molar-refractivity contribution in [3.63, 3.8) is 0 Å². The highest BCUT2D eigenvalue weighted by molar-refractivity contribution is 7.11. The second-order valence-corrected chi connectivity index (χ2v) is 6.91. The van der Waals surface area contributed by atoms with Crippen LogP contribution in [0.1, 0.15) is 80.9 Å². The van der Waals surface area contributed by atoms with Crippen LogP contribution in [0.25, 0.3) is 0 Å². The lowest BCUT2D eigenvalue weighted by atomic mass is 10.1. The summed E-state index contributed by atoms with van der Waals surface area (Å²) in [5.74, 6) is 0. The maximum absolute atomic E-state index is 4.51. The first kappa shape index (κ1) is 16.6. The number of nitrogens with one attached hydrogen (secondary N) is 1. The van der Waals surface area contributed by atoms with Gasteiger partial charge in [0.1, 0.15) is 0 Å². The summed E-state index contributed by atoms with van der Waals surface area (Å²) in [4.78, 5) is 5.91. The molecule has 1 N–H and O–H groups in total. The molecule has 110 valence electrons. The van der Waals surface area contributed by atoms with E-state index in [4.69, 9.17) is 0 Å². The van der Waals surface area contributed by atoms with Gasteiger partial charge in [-0.3, -0.25) is 0 Å². The van der Waals surface area contributed by atoms with Gasteiger partial charge in [-0.05, 0) is 34.1 Å². The van der Waals surface area contributed by atoms with Crippen molar-refractivity contribution in [3.8, 4) is 0 Å². The van der Waals surface area contributed by atoms with Gasteiger partial charge in [0.15, 0.2) is 0 Å². The molecule has 0 bridgehead atoms. The minimum absolute atomic E-state index is 0.428. The van der Waals surface area contributed by atoms with Crippen molar-refractivity contribution in [2.75, 3.05) is 0 Å². The predicted octanol–water partition coefficient (Wildman–Crippen LogP) is 5.16. The predicted molar refractivity (Wildman–Crippen MR) is 86.0 cm³/mol. The zero-order valence-corrected chi connectivity index (χ0v) is 14.1. The summed E-state index contributed by atoms with van der Waals surface area (Å²) in [5.41, 5.74) is 1.19. The standard InChI is InChI=1S/C16H30N2S/c1-6-7-8-9-10-11-12(2)17-13(3)16-14(4)18-15(5)19-16/h12-13,17H,6-11H2,1-5H3. The van der Waals surface area contributed by atoms with Crippen molar-refractivity contribution < 1.29 is 0 Å². The summed E-state index contributed by atoms with van der Waals surface area (Å²) in [5, 5.41) is 4.89. The van der Waals surface area contributed by atoms with Gasteiger partial charge < -0.3 is 5.32 Å². The molecule has 0 aromatic carbocycles. The summed E-state index contributed by atoms with van der Waals surface area (Å²) in [6.07, 6.45) is 8.12. The fraction of sp³-hybridized carbons (Fsp3) is 0.812. The summed E-state index contributed by atoms with van der Waals surface area (Å²) in [6.45, 7) is 11.0. The van der Waals surface area contributed by atoms with E-state index < -0.39 is 0 Å².